The van der Waals surface area contributed by atoms with Gasteiger partial charge in [0.05, 0.1) is 5.71 Å². The molecule has 0 aromatic rings. The zero-order valence-corrected chi connectivity index (χ0v) is 7.42. The third-order valence-corrected chi connectivity index (χ3v) is 3.54. The van der Waals surface area contributed by atoms with Crippen LogP contribution in [0.4, 0.5) is 0 Å². The second-order valence-electron chi connectivity index (χ2n) is 4.28. The van der Waals surface area contributed by atoms with Crippen LogP contribution in [0.15, 0.2) is 5.16 Å². The maximum atomic E-state index is 4.80. The Labute approximate surface area is 67.6 Å². The molecule has 62 valence electrons. The summed E-state index contributed by atoms with van der Waals surface area (Å²) >= 11 is 0. The van der Waals surface area contributed by atoms with Gasteiger partial charge >= 0.3 is 0 Å². The molecule has 3 fully saturated rings. The van der Waals surface area contributed by atoms with Crippen molar-refractivity contribution >= 4 is 5.71 Å². The first-order chi connectivity index (χ1) is 5.16. The van der Waals surface area contributed by atoms with E-state index in [1.165, 1.54) is 18.6 Å². The molecule has 2 heteroatoms. The molecule has 0 aliphatic heterocycles. The largest absolute Gasteiger partial charge is 0.399 e. The summed E-state index contributed by atoms with van der Waals surface area (Å²) in [5.41, 5.74) is 1.81. The van der Waals surface area contributed by atoms with E-state index in [2.05, 4.69) is 19.0 Å². The van der Waals surface area contributed by atoms with Gasteiger partial charge in [-0.3, -0.25) is 0 Å². The summed E-state index contributed by atoms with van der Waals surface area (Å²) in [5.74, 6) is 1.59. The minimum absolute atomic E-state index is 0.511. The minimum atomic E-state index is 0.511. The van der Waals surface area contributed by atoms with E-state index in [0.717, 1.165) is 5.92 Å². The Balaban J connectivity index is 2.18. The first kappa shape index (κ1) is 7.14. The van der Waals surface area contributed by atoms with Crippen LogP contribution in [0.3, 0.4) is 0 Å². The van der Waals surface area contributed by atoms with Crippen molar-refractivity contribution in [1.29, 1.82) is 0 Å². The topological polar surface area (TPSA) is 21.6 Å². The molecule has 11 heavy (non-hydrogen) atoms. The van der Waals surface area contributed by atoms with Gasteiger partial charge in [0.2, 0.25) is 0 Å². The van der Waals surface area contributed by atoms with E-state index in [-0.39, 0.29) is 0 Å². The Kier molecular flexibility index (Phi) is 1.29. The standard InChI is InChI=1S/C9H15NO/c1-9(2)6-4-7(9)8(5-6)10-11-3/h6-7H,4-5H2,1-3H3. The monoisotopic (exact) mass is 153 g/mol. The molecule has 3 saturated carbocycles. The molecule has 0 spiro atoms. The van der Waals surface area contributed by atoms with E-state index in [0.29, 0.717) is 11.3 Å². The number of rotatable bonds is 1. The van der Waals surface area contributed by atoms with Crippen molar-refractivity contribution in [3.05, 3.63) is 0 Å². The van der Waals surface area contributed by atoms with Crippen LogP contribution in [-0.4, -0.2) is 12.8 Å². The zero-order chi connectivity index (χ0) is 8.06. The van der Waals surface area contributed by atoms with Gasteiger partial charge in [-0.2, -0.15) is 0 Å². The average molecular weight is 153 g/mol. The molecule has 3 aliphatic carbocycles. The smallest absolute Gasteiger partial charge is 0.106 e. The normalized spacial score (nSPS) is 42.3. The van der Waals surface area contributed by atoms with E-state index >= 15 is 0 Å². The van der Waals surface area contributed by atoms with Crippen LogP contribution >= 0.6 is 0 Å². The van der Waals surface area contributed by atoms with Crippen LogP contribution in [0.2, 0.25) is 0 Å². The predicted molar refractivity (Wildman–Crippen MR) is 44.4 cm³/mol. The molecule has 2 atom stereocenters. The summed E-state index contributed by atoms with van der Waals surface area (Å²) in [6.07, 6.45) is 2.51. The molecule has 0 radical (unpaired) electrons. The van der Waals surface area contributed by atoms with Gasteiger partial charge in [-0.1, -0.05) is 19.0 Å². The summed E-state index contributed by atoms with van der Waals surface area (Å²) in [6.45, 7) is 4.67. The number of fused-ring (bicyclic) bond motifs is 1. The lowest BCUT2D eigenvalue weighted by molar-refractivity contribution is 0.0667. The number of hydrogen-bond donors (Lipinski definition) is 0. The van der Waals surface area contributed by atoms with E-state index < -0.39 is 0 Å². The molecule has 0 aromatic heterocycles. The van der Waals surface area contributed by atoms with Gasteiger partial charge in [-0.25, -0.2) is 0 Å². The van der Waals surface area contributed by atoms with Gasteiger partial charge in [-0.05, 0) is 24.2 Å². The van der Waals surface area contributed by atoms with Crippen LogP contribution in [0.25, 0.3) is 0 Å². The molecule has 2 unspecified atom stereocenters. The molecule has 3 rings (SSSR count). The summed E-state index contributed by atoms with van der Waals surface area (Å²) in [6, 6.07) is 0. The number of nitrogens with zero attached hydrogens (tertiary/aromatic N) is 1. The molecule has 2 nitrogen and oxygen atoms in total. The summed E-state index contributed by atoms with van der Waals surface area (Å²) in [4.78, 5) is 4.80. The second-order valence-corrected chi connectivity index (χ2v) is 4.28. The van der Waals surface area contributed by atoms with Crippen LogP contribution in [-0.2, 0) is 4.84 Å². The molecule has 3 aliphatic rings. The van der Waals surface area contributed by atoms with Gasteiger partial charge in [0.1, 0.15) is 7.11 Å². The Bertz CT molecular complexity index is 208. The van der Waals surface area contributed by atoms with Gasteiger partial charge in [0.15, 0.2) is 0 Å². The maximum absolute atomic E-state index is 4.80. The summed E-state index contributed by atoms with van der Waals surface area (Å²) in [7, 11) is 1.63. The van der Waals surface area contributed by atoms with Crippen LogP contribution < -0.4 is 0 Å². The Morgan fingerprint density at radius 1 is 1.55 bits per heavy atom. The zero-order valence-electron chi connectivity index (χ0n) is 7.42. The highest BCUT2D eigenvalue weighted by Gasteiger charge is 2.57. The Morgan fingerprint density at radius 2 is 2.27 bits per heavy atom. The highest BCUT2D eigenvalue weighted by atomic mass is 16.6. The van der Waals surface area contributed by atoms with Crippen molar-refractivity contribution in [1.82, 2.24) is 0 Å². The van der Waals surface area contributed by atoms with Gasteiger partial charge in [-0.15, -0.1) is 0 Å². The SMILES string of the molecule is CON=C1CC2CC1C2(C)C. The first-order valence-electron chi connectivity index (χ1n) is 4.26. The van der Waals surface area contributed by atoms with Crippen molar-refractivity contribution in [3.8, 4) is 0 Å². The maximum Gasteiger partial charge on any atom is 0.106 e. The highest BCUT2D eigenvalue weighted by Crippen LogP contribution is 2.60. The van der Waals surface area contributed by atoms with Crippen molar-refractivity contribution in [2.75, 3.05) is 7.11 Å². The lowest BCUT2D eigenvalue weighted by Crippen LogP contribution is -2.38. The Hall–Kier alpha value is -0.530. The minimum Gasteiger partial charge on any atom is -0.399 e. The van der Waals surface area contributed by atoms with Gasteiger partial charge < -0.3 is 4.84 Å². The predicted octanol–water partition coefficient (Wildman–Crippen LogP) is 2.05. The van der Waals surface area contributed by atoms with Crippen molar-refractivity contribution in [2.24, 2.45) is 22.4 Å². The molecule has 0 heterocycles. The third-order valence-electron chi connectivity index (χ3n) is 3.54. The van der Waals surface area contributed by atoms with E-state index in [4.69, 9.17) is 4.84 Å². The van der Waals surface area contributed by atoms with Crippen molar-refractivity contribution in [3.63, 3.8) is 0 Å². The van der Waals surface area contributed by atoms with Crippen LogP contribution in [0.5, 0.6) is 0 Å². The molecule has 0 amide bonds. The van der Waals surface area contributed by atoms with Crippen LogP contribution in [0.1, 0.15) is 26.7 Å². The number of oxime groups is 1. The molecule has 0 aromatic carbocycles. The Morgan fingerprint density at radius 3 is 2.64 bits per heavy atom. The van der Waals surface area contributed by atoms with Crippen molar-refractivity contribution < 1.29 is 4.84 Å². The van der Waals surface area contributed by atoms with Gasteiger partial charge in [0, 0.05) is 5.92 Å². The summed E-state index contributed by atoms with van der Waals surface area (Å²) in [5, 5.41) is 4.06. The lowest BCUT2D eigenvalue weighted by atomic mass is 9.61. The molecule has 0 saturated heterocycles. The van der Waals surface area contributed by atoms with E-state index in [1.54, 1.807) is 7.11 Å². The van der Waals surface area contributed by atoms with E-state index in [1.807, 2.05) is 0 Å². The second kappa shape index (κ2) is 1.99. The third kappa shape index (κ3) is 0.754. The first-order valence-corrected chi connectivity index (χ1v) is 4.26. The van der Waals surface area contributed by atoms with Gasteiger partial charge in [0.25, 0.3) is 0 Å². The highest BCUT2D eigenvalue weighted by molar-refractivity contribution is 5.92. The number of hydrogen-bond acceptors (Lipinski definition) is 2. The molecular formula is C9H15NO. The quantitative estimate of drug-likeness (QED) is 0.528. The fraction of sp³-hybridized carbons (Fsp3) is 0.889. The fourth-order valence-electron chi connectivity index (χ4n) is 2.54. The lowest BCUT2D eigenvalue weighted by Gasteiger charge is -2.43. The average Bonchev–Trinajstić information content (AvgIpc) is 2.43. The van der Waals surface area contributed by atoms with Crippen LogP contribution in [0, 0.1) is 17.3 Å². The van der Waals surface area contributed by atoms with E-state index in [9.17, 15) is 0 Å². The summed E-state index contributed by atoms with van der Waals surface area (Å²) < 4.78 is 0. The fourth-order valence-corrected chi connectivity index (χ4v) is 2.54. The van der Waals surface area contributed by atoms with Crippen molar-refractivity contribution in [2.45, 2.75) is 26.7 Å². The molecule has 2 bridgehead atoms. The molecular weight excluding hydrogens is 138 g/mol. The molecule has 0 N–H and O–H groups in total.